The Morgan fingerprint density at radius 2 is 1.59 bits per heavy atom. The lowest BCUT2D eigenvalue weighted by Gasteiger charge is -2.08. The Hall–Kier alpha value is -4.11. The molecular weight excluding hydrogens is 474 g/mol. The number of benzene rings is 3. The fraction of sp³-hybridized carbons (Fsp3) is 0. The largest absolute Gasteiger partial charge is 0.507 e. The van der Waals surface area contributed by atoms with Crippen molar-refractivity contribution in [2.45, 2.75) is 0 Å². The zero-order valence-corrected chi connectivity index (χ0v) is 18.1. The summed E-state index contributed by atoms with van der Waals surface area (Å²) in [4.78, 5) is 19.5. The van der Waals surface area contributed by atoms with Crippen molar-refractivity contribution in [3.8, 4) is 28.3 Å². The van der Waals surface area contributed by atoms with Gasteiger partial charge in [0.1, 0.15) is 5.75 Å². The van der Waals surface area contributed by atoms with Crippen LogP contribution in [0.1, 0.15) is 5.56 Å². The summed E-state index contributed by atoms with van der Waals surface area (Å²) in [5, 5.41) is 25.0. The molecule has 158 valence electrons. The van der Waals surface area contributed by atoms with Crippen LogP contribution in [-0.2, 0) is 0 Å². The van der Waals surface area contributed by atoms with Gasteiger partial charge in [-0.25, -0.2) is 15.4 Å². The van der Waals surface area contributed by atoms with Crippen molar-refractivity contribution in [2.24, 2.45) is 5.10 Å². The highest BCUT2D eigenvalue weighted by Gasteiger charge is 2.10. The van der Waals surface area contributed by atoms with Gasteiger partial charge in [-0.15, -0.1) is 0 Å². The topological polar surface area (TPSA) is 114 Å². The van der Waals surface area contributed by atoms with Crippen LogP contribution in [0.2, 0.25) is 0 Å². The number of nitro groups is 1. The summed E-state index contributed by atoms with van der Waals surface area (Å²) in [7, 11) is 0. The lowest BCUT2D eigenvalue weighted by Crippen LogP contribution is -2.00. The van der Waals surface area contributed by atoms with Gasteiger partial charge in [-0.05, 0) is 24.3 Å². The fourth-order valence-corrected chi connectivity index (χ4v) is 3.21. The van der Waals surface area contributed by atoms with Crippen molar-refractivity contribution in [1.82, 2.24) is 9.97 Å². The van der Waals surface area contributed by atoms with Crippen molar-refractivity contribution in [3.05, 3.63) is 99.0 Å². The van der Waals surface area contributed by atoms with Crippen LogP contribution in [0.25, 0.3) is 22.5 Å². The molecule has 0 bridgehead atoms. The third-order valence-corrected chi connectivity index (χ3v) is 5.05. The van der Waals surface area contributed by atoms with Crippen molar-refractivity contribution >= 4 is 33.8 Å². The number of nitrogens with one attached hydrogen (secondary N) is 1. The van der Waals surface area contributed by atoms with Gasteiger partial charge in [0, 0.05) is 33.3 Å². The van der Waals surface area contributed by atoms with E-state index >= 15 is 0 Å². The zero-order chi connectivity index (χ0) is 22.5. The molecule has 2 N–H and O–H groups in total. The van der Waals surface area contributed by atoms with E-state index in [4.69, 9.17) is 0 Å². The van der Waals surface area contributed by atoms with Crippen LogP contribution in [0, 0.1) is 10.1 Å². The molecule has 0 aliphatic carbocycles. The molecule has 0 atom stereocenters. The molecule has 8 nitrogen and oxygen atoms in total. The molecule has 0 amide bonds. The lowest BCUT2D eigenvalue weighted by molar-refractivity contribution is -0.384. The number of phenolic OH excluding ortho intramolecular Hbond substituents is 1. The summed E-state index contributed by atoms with van der Waals surface area (Å²) in [6.45, 7) is 0. The lowest BCUT2D eigenvalue weighted by atomic mass is 10.1. The number of phenols is 1. The molecule has 0 unspecified atom stereocenters. The molecule has 1 aromatic heterocycles. The highest BCUT2D eigenvalue weighted by Crippen LogP contribution is 2.26. The number of hydrogen-bond acceptors (Lipinski definition) is 7. The average Bonchev–Trinajstić information content (AvgIpc) is 2.81. The molecule has 9 heteroatoms. The molecule has 0 spiro atoms. The quantitative estimate of drug-likeness (QED) is 0.206. The maximum Gasteiger partial charge on any atom is 0.270 e. The van der Waals surface area contributed by atoms with Gasteiger partial charge in [-0.1, -0.05) is 58.4 Å². The number of anilines is 1. The smallest absolute Gasteiger partial charge is 0.270 e. The SMILES string of the molecule is O=[N+]([O-])c1ccc(O)c(/C=N\Nc2nc(-c3ccccc3)cc(-c3ccc(Br)cc3)n2)c1. The van der Waals surface area contributed by atoms with Crippen LogP contribution in [0.4, 0.5) is 11.6 Å². The highest BCUT2D eigenvalue weighted by atomic mass is 79.9. The van der Waals surface area contributed by atoms with Gasteiger partial charge >= 0.3 is 0 Å². The van der Waals surface area contributed by atoms with E-state index in [0.29, 0.717) is 11.4 Å². The second kappa shape index (κ2) is 9.36. The molecule has 0 fully saturated rings. The number of hydrazone groups is 1. The first kappa shape index (κ1) is 21.1. The van der Waals surface area contributed by atoms with Gasteiger partial charge in [0.2, 0.25) is 5.95 Å². The Morgan fingerprint density at radius 3 is 2.25 bits per heavy atom. The minimum absolute atomic E-state index is 0.129. The Bertz CT molecular complexity index is 1300. The number of halogens is 1. The van der Waals surface area contributed by atoms with E-state index in [2.05, 4.69) is 36.4 Å². The van der Waals surface area contributed by atoms with Crippen LogP contribution in [0.3, 0.4) is 0 Å². The maximum atomic E-state index is 11.0. The molecule has 0 saturated heterocycles. The summed E-state index contributed by atoms with van der Waals surface area (Å²) < 4.78 is 0.957. The minimum atomic E-state index is -0.541. The summed E-state index contributed by atoms with van der Waals surface area (Å²) in [5.74, 6) is 0.112. The van der Waals surface area contributed by atoms with Gasteiger partial charge in [0.05, 0.1) is 22.5 Å². The predicted molar refractivity (Wildman–Crippen MR) is 127 cm³/mol. The number of hydrogen-bond donors (Lipinski definition) is 2. The van der Waals surface area contributed by atoms with E-state index in [1.165, 1.54) is 24.4 Å². The van der Waals surface area contributed by atoms with Gasteiger partial charge in [0.15, 0.2) is 0 Å². The Morgan fingerprint density at radius 1 is 0.938 bits per heavy atom. The summed E-state index contributed by atoms with van der Waals surface area (Å²) in [6, 6.07) is 23.0. The summed E-state index contributed by atoms with van der Waals surface area (Å²) in [6.07, 6.45) is 1.28. The van der Waals surface area contributed by atoms with E-state index in [1.807, 2.05) is 60.7 Å². The molecule has 4 aromatic rings. The zero-order valence-electron chi connectivity index (χ0n) is 16.5. The van der Waals surface area contributed by atoms with Crippen LogP contribution in [0.15, 0.2) is 88.4 Å². The standard InChI is InChI=1S/C23H16BrN5O3/c24-18-8-6-16(7-9-18)21-13-20(15-4-2-1-3-5-15)26-23(27-21)28-25-14-17-12-19(29(31)32)10-11-22(17)30/h1-14,30H,(H,26,27,28)/b25-14-. The monoisotopic (exact) mass is 489 g/mol. The van der Waals surface area contributed by atoms with Crippen molar-refractivity contribution in [1.29, 1.82) is 0 Å². The van der Waals surface area contributed by atoms with E-state index in [1.54, 1.807) is 0 Å². The second-order valence-electron chi connectivity index (χ2n) is 6.71. The number of nitrogens with zero attached hydrogens (tertiary/aromatic N) is 4. The third kappa shape index (κ3) is 4.96. The molecular formula is C23H16BrN5O3. The Labute approximate surface area is 191 Å². The molecule has 4 rings (SSSR count). The molecule has 0 saturated carbocycles. The van der Waals surface area contributed by atoms with E-state index in [-0.39, 0.29) is 22.9 Å². The van der Waals surface area contributed by atoms with Crippen molar-refractivity contribution in [3.63, 3.8) is 0 Å². The highest BCUT2D eigenvalue weighted by molar-refractivity contribution is 9.10. The van der Waals surface area contributed by atoms with Crippen LogP contribution < -0.4 is 5.43 Å². The first-order valence-electron chi connectivity index (χ1n) is 9.46. The fourth-order valence-electron chi connectivity index (χ4n) is 2.94. The van der Waals surface area contributed by atoms with Gasteiger partial charge < -0.3 is 5.11 Å². The summed E-state index contributed by atoms with van der Waals surface area (Å²) >= 11 is 3.43. The maximum absolute atomic E-state index is 11.0. The second-order valence-corrected chi connectivity index (χ2v) is 7.62. The van der Waals surface area contributed by atoms with Crippen LogP contribution >= 0.6 is 15.9 Å². The van der Waals surface area contributed by atoms with E-state index in [0.717, 1.165) is 15.6 Å². The molecule has 3 aromatic carbocycles. The van der Waals surface area contributed by atoms with Gasteiger partial charge in [-0.2, -0.15) is 5.10 Å². The average molecular weight is 490 g/mol. The van der Waals surface area contributed by atoms with Crippen molar-refractivity contribution < 1.29 is 10.0 Å². The molecule has 32 heavy (non-hydrogen) atoms. The molecule has 1 heterocycles. The van der Waals surface area contributed by atoms with Gasteiger partial charge in [0.25, 0.3) is 5.69 Å². The summed E-state index contributed by atoms with van der Waals surface area (Å²) in [5.41, 5.74) is 6.01. The number of aromatic hydroxyl groups is 1. The van der Waals surface area contributed by atoms with Crippen LogP contribution in [-0.4, -0.2) is 26.2 Å². The molecule has 0 radical (unpaired) electrons. The van der Waals surface area contributed by atoms with Gasteiger partial charge in [-0.3, -0.25) is 10.1 Å². The molecule has 0 aliphatic rings. The van der Waals surface area contributed by atoms with Crippen LogP contribution in [0.5, 0.6) is 5.75 Å². The minimum Gasteiger partial charge on any atom is -0.507 e. The first-order chi connectivity index (χ1) is 15.5. The first-order valence-corrected chi connectivity index (χ1v) is 10.3. The third-order valence-electron chi connectivity index (χ3n) is 4.53. The number of aromatic nitrogens is 2. The van der Waals surface area contributed by atoms with Crippen molar-refractivity contribution in [2.75, 3.05) is 5.43 Å². The Kier molecular flexibility index (Phi) is 6.18. The van der Waals surface area contributed by atoms with E-state index in [9.17, 15) is 15.2 Å². The Balaban J connectivity index is 1.68. The van der Waals surface area contributed by atoms with E-state index < -0.39 is 4.92 Å². The number of nitro benzene ring substituents is 1. The normalized spacial score (nSPS) is 10.9. The number of non-ortho nitro benzene ring substituents is 1. The predicted octanol–water partition coefficient (Wildman–Crippen LogP) is 5.63. The number of rotatable bonds is 6. The molecule has 0 aliphatic heterocycles.